The Bertz CT molecular complexity index is 717. The fraction of sp³-hybridized carbons (Fsp3) is 0.731. The molecule has 160 valence electrons. The van der Waals surface area contributed by atoms with Crippen LogP contribution in [0.15, 0.2) is 35.2 Å². The Morgan fingerprint density at radius 3 is 2.69 bits per heavy atom. The van der Waals surface area contributed by atoms with Gasteiger partial charge in [0, 0.05) is 11.5 Å². The molecule has 4 rings (SSSR count). The summed E-state index contributed by atoms with van der Waals surface area (Å²) in [5, 5.41) is 3.49. The van der Waals surface area contributed by atoms with Crippen LogP contribution in [0, 0.1) is 22.7 Å². The van der Waals surface area contributed by atoms with Crippen LogP contribution in [0.1, 0.15) is 90.0 Å². The zero-order chi connectivity index (χ0) is 20.5. The Kier molecular flexibility index (Phi) is 5.95. The van der Waals surface area contributed by atoms with Gasteiger partial charge in [-0.1, -0.05) is 51.7 Å². The molecule has 0 unspecified atom stereocenters. The van der Waals surface area contributed by atoms with Gasteiger partial charge in [0.1, 0.15) is 0 Å². The zero-order valence-corrected chi connectivity index (χ0v) is 18.5. The second-order valence-corrected chi connectivity index (χ2v) is 10.6. The van der Waals surface area contributed by atoms with Crippen molar-refractivity contribution in [3.8, 4) is 0 Å². The van der Waals surface area contributed by atoms with Gasteiger partial charge >= 0.3 is 0 Å². The van der Waals surface area contributed by atoms with Gasteiger partial charge < -0.3 is 9.73 Å². The number of aryl methyl sites for hydroxylation is 1. The van der Waals surface area contributed by atoms with Gasteiger partial charge in [0.05, 0.1) is 12.5 Å². The number of fused-ring (bicyclic) bond motifs is 1. The molecule has 1 N–H and O–H groups in total. The van der Waals surface area contributed by atoms with Gasteiger partial charge in [-0.05, 0) is 80.2 Å². The van der Waals surface area contributed by atoms with Crippen molar-refractivity contribution < 1.29 is 9.21 Å². The maximum atomic E-state index is 13.6. The Hall–Kier alpha value is -1.51. The highest BCUT2D eigenvalue weighted by atomic mass is 16.3. The summed E-state index contributed by atoms with van der Waals surface area (Å²) in [7, 11) is 0. The monoisotopic (exact) mass is 397 g/mol. The van der Waals surface area contributed by atoms with Gasteiger partial charge in [0.25, 0.3) is 0 Å². The Balaban J connectivity index is 1.52. The van der Waals surface area contributed by atoms with Gasteiger partial charge in [-0.15, -0.1) is 0 Å². The molecular formula is C26H39NO2. The van der Waals surface area contributed by atoms with E-state index in [0.29, 0.717) is 23.8 Å². The van der Waals surface area contributed by atoms with E-state index in [1.165, 1.54) is 36.8 Å². The minimum absolute atomic E-state index is 0.177. The molecule has 0 saturated heterocycles. The third-order valence-electron chi connectivity index (χ3n) is 8.78. The number of nitrogens with one attached hydrogen (secondary N) is 1. The van der Waals surface area contributed by atoms with Crippen LogP contribution in [-0.4, -0.2) is 11.9 Å². The van der Waals surface area contributed by atoms with Gasteiger partial charge in [-0.3, -0.25) is 4.79 Å². The molecule has 0 radical (unpaired) electrons. The van der Waals surface area contributed by atoms with E-state index in [0.717, 1.165) is 51.4 Å². The predicted molar refractivity (Wildman–Crippen MR) is 117 cm³/mol. The van der Waals surface area contributed by atoms with E-state index in [9.17, 15) is 4.79 Å². The number of rotatable bonds is 5. The maximum Gasteiger partial charge on any atom is 0.226 e. The van der Waals surface area contributed by atoms with Crippen LogP contribution in [0.4, 0.5) is 0 Å². The summed E-state index contributed by atoms with van der Waals surface area (Å²) in [6, 6.07) is 2.48. The molecule has 29 heavy (non-hydrogen) atoms. The van der Waals surface area contributed by atoms with E-state index >= 15 is 0 Å². The van der Waals surface area contributed by atoms with Crippen molar-refractivity contribution in [2.24, 2.45) is 22.7 Å². The maximum absolute atomic E-state index is 13.6. The third-order valence-corrected chi connectivity index (χ3v) is 8.78. The second-order valence-electron chi connectivity index (χ2n) is 10.6. The van der Waals surface area contributed by atoms with E-state index in [-0.39, 0.29) is 10.8 Å². The van der Waals surface area contributed by atoms with Gasteiger partial charge in [0.15, 0.2) is 0 Å². The summed E-state index contributed by atoms with van der Waals surface area (Å²) in [6.45, 7) is 9.23. The number of furan rings is 1. The largest absolute Gasteiger partial charge is 0.472 e. The Morgan fingerprint density at radius 2 is 1.97 bits per heavy atom. The smallest absolute Gasteiger partial charge is 0.226 e. The molecule has 1 aromatic rings. The highest BCUT2D eigenvalue weighted by Crippen LogP contribution is 2.62. The molecule has 3 fully saturated rings. The zero-order valence-electron chi connectivity index (χ0n) is 18.5. The van der Waals surface area contributed by atoms with Gasteiger partial charge in [-0.25, -0.2) is 0 Å². The second kappa shape index (κ2) is 8.32. The standard InChI is InChI=1S/C26H39NO2/c1-19-10-13-23-25(2,22(19)12-11-20-14-17-29-18-20)15-7-16-26(23,3)24(28)27-21-8-5-4-6-9-21/h14,17-18,21-23H,1,4-13,15-16H2,2-3H3,(H,27,28)/t22-,23+,25+,26+/m1/s1. The lowest BCUT2D eigenvalue weighted by Gasteiger charge is -2.58. The molecule has 1 heterocycles. The first-order valence-corrected chi connectivity index (χ1v) is 11.9. The molecule has 0 aliphatic heterocycles. The topological polar surface area (TPSA) is 42.2 Å². The number of carbonyl (C=O) groups is 1. The Morgan fingerprint density at radius 1 is 1.17 bits per heavy atom. The summed E-state index contributed by atoms with van der Waals surface area (Å²) in [4.78, 5) is 13.6. The highest BCUT2D eigenvalue weighted by molar-refractivity contribution is 5.83. The van der Waals surface area contributed by atoms with Crippen LogP contribution < -0.4 is 5.32 Å². The first-order valence-electron chi connectivity index (χ1n) is 11.9. The number of allylic oxidation sites excluding steroid dienone is 1. The summed E-state index contributed by atoms with van der Waals surface area (Å²) in [5.41, 5.74) is 2.62. The van der Waals surface area contributed by atoms with E-state index in [2.05, 4.69) is 31.8 Å². The molecule has 3 heteroatoms. The quantitative estimate of drug-likeness (QED) is 0.581. The molecule has 3 saturated carbocycles. The van der Waals surface area contributed by atoms with Crippen molar-refractivity contribution >= 4 is 5.91 Å². The highest BCUT2D eigenvalue weighted by Gasteiger charge is 2.57. The summed E-state index contributed by atoms with van der Waals surface area (Å²) in [5.74, 6) is 1.28. The summed E-state index contributed by atoms with van der Waals surface area (Å²) < 4.78 is 5.27. The minimum Gasteiger partial charge on any atom is -0.472 e. The summed E-state index contributed by atoms with van der Waals surface area (Å²) in [6.07, 6.45) is 17.6. The molecular weight excluding hydrogens is 358 g/mol. The third kappa shape index (κ3) is 3.94. The first kappa shape index (κ1) is 20.8. The average molecular weight is 398 g/mol. The van der Waals surface area contributed by atoms with Crippen molar-refractivity contribution in [2.75, 3.05) is 0 Å². The van der Waals surface area contributed by atoms with Crippen molar-refractivity contribution in [3.05, 3.63) is 36.3 Å². The fourth-order valence-corrected chi connectivity index (χ4v) is 7.10. The lowest BCUT2D eigenvalue weighted by Crippen LogP contribution is -2.57. The van der Waals surface area contributed by atoms with Crippen molar-refractivity contribution in [1.82, 2.24) is 5.32 Å². The van der Waals surface area contributed by atoms with Crippen LogP contribution in [-0.2, 0) is 11.2 Å². The van der Waals surface area contributed by atoms with Gasteiger partial charge in [-0.2, -0.15) is 0 Å². The number of amides is 1. The lowest BCUT2D eigenvalue weighted by atomic mass is 9.46. The first-order chi connectivity index (χ1) is 13.9. The van der Waals surface area contributed by atoms with Crippen LogP contribution in [0.5, 0.6) is 0 Å². The van der Waals surface area contributed by atoms with E-state index in [1.54, 1.807) is 6.26 Å². The number of hydrogen-bond donors (Lipinski definition) is 1. The van der Waals surface area contributed by atoms with E-state index in [4.69, 9.17) is 4.42 Å². The molecule has 1 aromatic heterocycles. The molecule has 1 amide bonds. The predicted octanol–water partition coefficient (Wildman–Crippen LogP) is 6.44. The van der Waals surface area contributed by atoms with Gasteiger partial charge in [0.2, 0.25) is 5.91 Å². The van der Waals surface area contributed by atoms with Crippen LogP contribution in [0.25, 0.3) is 0 Å². The molecule has 0 aromatic carbocycles. The Labute approximate surface area is 176 Å². The number of hydrogen-bond acceptors (Lipinski definition) is 2. The SMILES string of the molecule is C=C1CC[C@H]2[C@@](C)(CCC[C@]2(C)C(=O)NC2CCCCC2)[C@@H]1CCc1ccoc1. The summed E-state index contributed by atoms with van der Waals surface area (Å²) >= 11 is 0. The van der Waals surface area contributed by atoms with E-state index < -0.39 is 0 Å². The fourth-order valence-electron chi connectivity index (χ4n) is 7.10. The van der Waals surface area contributed by atoms with Crippen molar-refractivity contribution in [1.29, 1.82) is 0 Å². The lowest BCUT2D eigenvalue weighted by molar-refractivity contribution is -0.147. The molecule has 3 aliphatic carbocycles. The molecule has 4 atom stereocenters. The van der Waals surface area contributed by atoms with Crippen LogP contribution in [0.3, 0.4) is 0 Å². The average Bonchev–Trinajstić information content (AvgIpc) is 3.21. The minimum atomic E-state index is -0.237. The van der Waals surface area contributed by atoms with Crippen LogP contribution >= 0.6 is 0 Å². The molecule has 0 bridgehead atoms. The number of carbonyl (C=O) groups excluding carboxylic acids is 1. The van der Waals surface area contributed by atoms with E-state index in [1.807, 2.05) is 6.26 Å². The van der Waals surface area contributed by atoms with Crippen LogP contribution in [0.2, 0.25) is 0 Å². The molecule has 3 aliphatic rings. The van der Waals surface area contributed by atoms with Crippen molar-refractivity contribution in [2.45, 2.75) is 96.9 Å². The molecule has 0 spiro atoms. The molecule has 3 nitrogen and oxygen atoms in total. The normalized spacial score (nSPS) is 35.9. The van der Waals surface area contributed by atoms with Crippen molar-refractivity contribution in [3.63, 3.8) is 0 Å².